The summed E-state index contributed by atoms with van der Waals surface area (Å²) in [5.41, 5.74) is 3.73. The van der Waals surface area contributed by atoms with Crippen LogP contribution in [0, 0.1) is 0 Å². The number of fused-ring (bicyclic) bond motifs is 2. The van der Waals surface area contributed by atoms with Gasteiger partial charge in [0.2, 0.25) is 6.79 Å². The Bertz CT molecular complexity index is 1460. The number of carbonyl (C=O) groups is 1. The molecule has 1 aliphatic heterocycles. The molecule has 33 heavy (non-hydrogen) atoms. The SMILES string of the molecule is O=C(NCc1ccc2c(c1)OCO2)c1ccc2nc(-c3ccco3)c(-c3ccco3)nc2c1. The number of nitrogens with zero attached hydrogens (tertiary/aromatic N) is 2. The first kappa shape index (κ1) is 19.1. The van der Waals surface area contributed by atoms with Gasteiger partial charge in [-0.1, -0.05) is 6.07 Å². The molecule has 0 saturated carbocycles. The third-order valence-corrected chi connectivity index (χ3v) is 5.33. The largest absolute Gasteiger partial charge is 0.463 e. The minimum atomic E-state index is -0.217. The molecule has 1 aliphatic rings. The monoisotopic (exact) mass is 439 g/mol. The van der Waals surface area contributed by atoms with Gasteiger partial charge >= 0.3 is 0 Å². The zero-order chi connectivity index (χ0) is 22.2. The van der Waals surface area contributed by atoms with Gasteiger partial charge in [-0.3, -0.25) is 4.79 Å². The lowest BCUT2D eigenvalue weighted by atomic mass is 10.1. The molecule has 6 rings (SSSR count). The van der Waals surface area contributed by atoms with Gasteiger partial charge in [-0.05, 0) is 60.2 Å². The molecule has 2 aromatic carbocycles. The van der Waals surface area contributed by atoms with Crippen molar-refractivity contribution in [2.24, 2.45) is 0 Å². The normalized spacial score (nSPS) is 12.2. The van der Waals surface area contributed by atoms with Crippen LogP contribution in [0.4, 0.5) is 0 Å². The molecule has 0 spiro atoms. The number of benzene rings is 2. The summed E-state index contributed by atoms with van der Waals surface area (Å²) < 4.78 is 21.8. The minimum absolute atomic E-state index is 0.213. The van der Waals surface area contributed by atoms with E-state index in [9.17, 15) is 4.79 Å². The molecule has 0 aliphatic carbocycles. The predicted octanol–water partition coefficient (Wildman–Crippen LogP) is 4.81. The van der Waals surface area contributed by atoms with E-state index in [1.54, 1.807) is 42.9 Å². The first-order valence-electron chi connectivity index (χ1n) is 10.3. The van der Waals surface area contributed by atoms with Crippen molar-refractivity contribution in [1.29, 1.82) is 0 Å². The molecule has 1 amide bonds. The summed E-state index contributed by atoms with van der Waals surface area (Å²) in [5.74, 6) is 2.32. The number of amides is 1. The van der Waals surface area contributed by atoms with Gasteiger partial charge in [-0.15, -0.1) is 0 Å². The summed E-state index contributed by atoms with van der Waals surface area (Å²) in [6.07, 6.45) is 3.16. The van der Waals surface area contributed by atoms with Crippen molar-refractivity contribution in [2.75, 3.05) is 6.79 Å². The van der Waals surface area contributed by atoms with Crippen molar-refractivity contribution in [2.45, 2.75) is 6.54 Å². The van der Waals surface area contributed by atoms with Crippen LogP contribution >= 0.6 is 0 Å². The zero-order valence-corrected chi connectivity index (χ0v) is 17.3. The standard InChI is InChI=1S/C25H17N3O5/c29-25(26-13-15-5-8-19-22(11-15)33-14-32-19)16-6-7-17-18(12-16)28-24(21-4-2-10-31-21)23(27-17)20-3-1-9-30-20/h1-12H,13-14H2,(H,26,29). The van der Waals surface area contributed by atoms with Gasteiger partial charge < -0.3 is 23.6 Å². The Morgan fingerprint density at radius 1 is 0.818 bits per heavy atom. The Balaban J connectivity index is 1.30. The van der Waals surface area contributed by atoms with Crippen LogP contribution < -0.4 is 14.8 Å². The molecule has 8 heteroatoms. The maximum absolute atomic E-state index is 12.8. The Morgan fingerprint density at radius 2 is 1.55 bits per heavy atom. The van der Waals surface area contributed by atoms with Crippen LogP contribution in [0.25, 0.3) is 33.9 Å². The average Bonchev–Trinajstić information content (AvgIpc) is 3.63. The van der Waals surface area contributed by atoms with Gasteiger partial charge in [-0.2, -0.15) is 0 Å². The van der Waals surface area contributed by atoms with Gasteiger partial charge in [0.1, 0.15) is 11.4 Å². The molecule has 8 nitrogen and oxygen atoms in total. The number of furan rings is 2. The molecule has 0 bridgehead atoms. The number of carbonyl (C=O) groups excluding carboxylic acids is 1. The van der Waals surface area contributed by atoms with E-state index in [1.165, 1.54) is 0 Å². The van der Waals surface area contributed by atoms with Gasteiger partial charge in [0.15, 0.2) is 23.0 Å². The van der Waals surface area contributed by atoms with Crippen LogP contribution in [-0.4, -0.2) is 22.7 Å². The molecule has 3 aromatic heterocycles. The fourth-order valence-electron chi connectivity index (χ4n) is 3.70. The average molecular weight is 439 g/mol. The third kappa shape index (κ3) is 3.57. The summed E-state index contributed by atoms with van der Waals surface area (Å²) in [7, 11) is 0. The Labute approximate surface area is 187 Å². The number of hydrogen-bond donors (Lipinski definition) is 1. The molecule has 0 fully saturated rings. The van der Waals surface area contributed by atoms with Crippen LogP contribution in [0.1, 0.15) is 15.9 Å². The smallest absolute Gasteiger partial charge is 0.251 e. The molecule has 0 saturated heterocycles. The molecular weight excluding hydrogens is 422 g/mol. The van der Waals surface area contributed by atoms with Crippen LogP contribution in [-0.2, 0) is 6.54 Å². The Hall–Kier alpha value is -4.59. The summed E-state index contributed by atoms with van der Waals surface area (Å²) in [5, 5.41) is 2.93. The van der Waals surface area contributed by atoms with Crippen LogP contribution in [0.2, 0.25) is 0 Å². The van der Waals surface area contributed by atoms with E-state index in [-0.39, 0.29) is 12.7 Å². The van der Waals surface area contributed by atoms with Crippen molar-refractivity contribution in [3.05, 3.63) is 84.3 Å². The van der Waals surface area contributed by atoms with Crippen LogP contribution in [0.3, 0.4) is 0 Å². The second-order valence-corrected chi connectivity index (χ2v) is 7.45. The summed E-state index contributed by atoms with van der Waals surface area (Å²) in [6.45, 7) is 0.569. The minimum Gasteiger partial charge on any atom is -0.463 e. The molecule has 4 heterocycles. The van der Waals surface area contributed by atoms with E-state index < -0.39 is 0 Å². The fourth-order valence-corrected chi connectivity index (χ4v) is 3.70. The van der Waals surface area contributed by atoms with E-state index in [4.69, 9.17) is 28.3 Å². The second-order valence-electron chi connectivity index (χ2n) is 7.45. The van der Waals surface area contributed by atoms with Crippen molar-refractivity contribution < 1.29 is 23.1 Å². The summed E-state index contributed by atoms with van der Waals surface area (Å²) >= 11 is 0. The van der Waals surface area contributed by atoms with E-state index in [0.717, 1.165) is 5.56 Å². The lowest BCUT2D eigenvalue weighted by Crippen LogP contribution is -2.22. The lowest BCUT2D eigenvalue weighted by Gasteiger charge is -2.09. The van der Waals surface area contributed by atoms with E-state index in [0.29, 0.717) is 57.5 Å². The number of ether oxygens (including phenoxy) is 2. The Morgan fingerprint density at radius 3 is 2.27 bits per heavy atom. The molecule has 162 valence electrons. The van der Waals surface area contributed by atoms with E-state index in [1.807, 2.05) is 30.3 Å². The lowest BCUT2D eigenvalue weighted by molar-refractivity contribution is 0.0951. The third-order valence-electron chi connectivity index (χ3n) is 5.33. The molecule has 0 radical (unpaired) electrons. The van der Waals surface area contributed by atoms with Crippen molar-refractivity contribution in [3.63, 3.8) is 0 Å². The Kier molecular flexibility index (Phi) is 4.54. The first-order chi connectivity index (χ1) is 16.2. The van der Waals surface area contributed by atoms with Gasteiger partial charge in [-0.25, -0.2) is 9.97 Å². The number of nitrogens with one attached hydrogen (secondary N) is 1. The molecule has 1 N–H and O–H groups in total. The summed E-state index contributed by atoms with van der Waals surface area (Å²) in [4.78, 5) is 22.3. The number of aromatic nitrogens is 2. The molecule has 5 aromatic rings. The highest BCUT2D eigenvalue weighted by Gasteiger charge is 2.18. The number of rotatable bonds is 5. The highest BCUT2D eigenvalue weighted by atomic mass is 16.7. The molecule has 0 unspecified atom stereocenters. The summed E-state index contributed by atoms with van der Waals surface area (Å²) in [6, 6.07) is 18.0. The van der Waals surface area contributed by atoms with Crippen LogP contribution in [0.15, 0.2) is 82.0 Å². The van der Waals surface area contributed by atoms with E-state index >= 15 is 0 Å². The number of hydrogen-bond acceptors (Lipinski definition) is 7. The predicted molar refractivity (Wildman–Crippen MR) is 119 cm³/mol. The van der Waals surface area contributed by atoms with Crippen molar-refractivity contribution in [3.8, 4) is 34.4 Å². The molecular formula is C25H17N3O5. The fraction of sp³-hybridized carbons (Fsp3) is 0.0800. The topological polar surface area (TPSA) is 99.6 Å². The molecule has 0 atom stereocenters. The second kappa shape index (κ2) is 7.83. The van der Waals surface area contributed by atoms with Gasteiger partial charge in [0.05, 0.1) is 23.6 Å². The highest BCUT2D eigenvalue weighted by molar-refractivity contribution is 5.97. The maximum atomic E-state index is 12.8. The highest BCUT2D eigenvalue weighted by Crippen LogP contribution is 2.33. The van der Waals surface area contributed by atoms with Crippen molar-refractivity contribution >= 4 is 16.9 Å². The van der Waals surface area contributed by atoms with Crippen molar-refractivity contribution in [1.82, 2.24) is 15.3 Å². The van der Waals surface area contributed by atoms with Crippen LogP contribution in [0.5, 0.6) is 11.5 Å². The quantitative estimate of drug-likeness (QED) is 0.420. The van der Waals surface area contributed by atoms with E-state index in [2.05, 4.69) is 5.32 Å². The maximum Gasteiger partial charge on any atom is 0.251 e. The zero-order valence-electron chi connectivity index (χ0n) is 17.3. The first-order valence-corrected chi connectivity index (χ1v) is 10.3. The van der Waals surface area contributed by atoms with Gasteiger partial charge in [0, 0.05) is 12.1 Å². The van der Waals surface area contributed by atoms with Gasteiger partial charge in [0.25, 0.3) is 5.91 Å².